The number of carbonyl (C=O) groups is 1. The Hall–Kier alpha value is -1.47. The minimum Gasteiger partial charge on any atom is -0.381 e. The number of likely N-dealkylation sites (N-methyl/N-ethyl adjacent to an activating group) is 1. The highest BCUT2D eigenvalue weighted by atomic mass is 16.5. The number of anilines is 1. The summed E-state index contributed by atoms with van der Waals surface area (Å²) in [4.78, 5) is 17.3. The third kappa shape index (κ3) is 4.33. The van der Waals surface area contributed by atoms with Gasteiger partial charge in [0.1, 0.15) is 5.54 Å². The van der Waals surface area contributed by atoms with Crippen LogP contribution in [0.2, 0.25) is 0 Å². The molecule has 6 nitrogen and oxygen atoms in total. The van der Waals surface area contributed by atoms with Gasteiger partial charge in [0.15, 0.2) is 0 Å². The van der Waals surface area contributed by atoms with Crippen LogP contribution in [0.4, 0.5) is 5.69 Å². The summed E-state index contributed by atoms with van der Waals surface area (Å²) < 4.78 is 5.31. The molecule has 24 heavy (non-hydrogen) atoms. The van der Waals surface area contributed by atoms with Gasteiger partial charge < -0.3 is 20.7 Å². The number of hydrogen-bond acceptors (Lipinski definition) is 5. The van der Waals surface area contributed by atoms with E-state index in [1.54, 1.807) is 0 Å². The lowest BCUT2D eigenvalue weighted by molar-refractivity contribution is -0.124. The van der Waals surface area contributed by atoms with E-state index >= 15 is 0 Å². The Labute approximate surface area is 143 Å². The summed E-state index contributed by atoms with van der Waals surface area (Å²) in [6, 6.07) is 8.09. The molecule has 0 spiro atoms. The predicted octanol–water partition coefficient (Wildman–Crippen LogP) is 0.880. The monoisotopic (exact) mass is 332 g/mol. The highest BCUT2D eigenvalue weighted by Gasteiger charge is 2.35. The number of amides is 1. The fourth-order valence-corrected chi connectivity index (χ4v) is 3.23. The Balaban J connectivity index is 1.59. The van der Waals surface area contributed by atoms with E-state index in [4.69, 9.17) is 10.5 Å². The molecule has 0 unspecified atom stereocenters. The van der Waals surface area contributed by atoms with Gasteiger partial charge in [-0.1, -0.05) is 12.1 Å². The van der Waals surface area contributed by atoms with Gasteiger partial charge in [-0.2, -0.15) is 0 Å². The molecular weight excluding hydrogens is 304 g/mol. The van der Waals surface area contributed by atoms with E-state index < -0.39 is 5.54 Å². The van der Waals surface area contributed by atoms with Gasteiger partial charge in [-0.05, 0) is 37.6 Å². The van der Waals surface area contributed by atoms with Crippen LogP contribution in [0.1, 0.15) is 18.4 Å². The Kier molecular flexibility index (Phi) is 5.50. The van der Waals surface area contributed by atoms with Crippen molar-refractivity contribution in [1.29, 1.82) is 0 Å². The van der Waals surface area contributed by atoms with Gasteiger partial charge in [-0.25, -0.2) is 0 Å². The first-order valence-electron chi connectivity index (χ1n) is 8.73. The molecule has 2 aliphatic heterocycles. The average Bonchev–Trinajstić information content (AvgIpc) is 2.58. The molecule has 0 saturated carbocycles. The summed E-state index contributed by atoms with van der Waals surface area (Å²) in [7, 11) is 2.16. The molecular formula is C18H28N4O2. The van der Waals surface area contributed by atoms with E-state index in [0.717, 1.165) is 38.4 Å². The van der Waals surface area contributed by atoms with Crippen molar-refractivity contribution in [3.05, 3.63) is 29.8 Å². The second kappa shape index (κ2) is 7.61. The van der Waals surface area contributed by atoms with Crippen LogP contribution < -0.4 is 11.1 Å². The van der Waals surface area contributed by atoms with Crippen LogP contribution in [0.3, 0.4) is 0 Å². The van der Waals surface area contributed by atoms with Gasteiger partial charge in [0.25, 0.3) is 0 Å². The second-order valence-corrected chi connectivity index (χ2v) is 7.00. The van der Waals surface area contributed by atoms with Gasteiger partial charge in [0.2, 0.25) is 5.91 Å². The van der Waals surface area contributed by atoms with Crippen LogP contribution >= 0.6 is 0 Å². The molecule has 0 aliphatic carbocycles. The van der Waals surface area contributed by atoms with E-state index in [1.165, 1.54) is 5.56 Å². The standard InChI is InChI=1S/C18H28N4O2/c1-21-7-9-22(10-8-21)14-15-3-2-4-16(13-15)20-17(23)18(19)5-11-24-12-6-18/h2-4,13H,5-12,14,19H2,1H3,(H,20,23). The summed E-state index contributed by atoms with van der Waals surface area (Å²) in [6.45, 7) is 6.39. The summed E-state index contributed by atoms with van der Waals surface area (Å²) in [6.07, 6.45) is 1.14. The molecule has 3 N–H and O–H groups in total. The fraction of sp³-hybridized carbons (Fsp3) is 0.611. The molecule has 0 radical (unpaired) electrons. The van der Waals surface area contributed by atoms with Crippen molar-refractivity contribution < 1.29 is 9.53 Å². The maximum atomic E-state index is 12.5. The molecule has 0 atom stereocenters. The molecule has 2 aliphatic rings. The van der Waals surface area contributed by atoms with E-state index in [1.807, 2.05) is 12.1 Å². The van der Waals surface area contributed by atoms with Crippen LogP contribution in [0.15, 0.2) is 24.3 Å². The van der Waals surface area contributed by atoms with Crippen LogP contribution in [-0.2, 0) is 16.1 Å². The highest BCUT2D eigenvalue weighted by molar-refractivity contribution is 5.98. The number of piperazine rings is 1. The Morgan fingerprint density at radius 3 is 2.67 bits per heavy atom. The maximum Gasteiger partial charge on any atom is 0.244 e. The Bertz CT molecular complexity index is 564. The summed E-state index contributed by atoms with van der Waals surface area (Å²) in [5, 5.41) is 2.99. The van der Waals surface area contributed by atoms with Crippen molar-refractivity contribution in [3.8, 4) is 0 Å². The van der Waals surface area contributed by atoms with Crippen molar-refractivity contribution in [2.75, 3.05) is 51.8 Å². The zero-order valence-corrected chi connectivity index (χ0v) is 14.5. The first-order valence-corrected chi connectivity index (χ1v) is 8.73. The third-order valence-corrected chi connectivity index (χ3v) is 5.02. The number of nitrogens with one attached hydrogen (secondary N) is 1. The van der Waals surface area contributed by atoms with Crippen molar-refractivity contribution in [3.63, 3.8) is 0 Å². The van der Waals surface area contributed by atoms with E-state index in [0.29, 0.717) is 26.1 Å². The molecule has 3 rings (SSSR count). The number of nitrogens with zero attached hydrogens (tertiary/aromatic N) is 2. The fourth-order valence-electron chi connectivity index (χ4n) is 3.23. The Morgan fingerprint density at radius 2 is 1.96 bits per heavy atom. The minimum absolute atomic E-state index is 0.109. The zero-order valence-electron chi connectivity index (χ0n) is 14.5. The first-order chi connectivity index (χ1) is 11.5. The van der Waals surface area contributed by atoms with Crippen LogP contribution in [0.25, 0.3) is 0 Å². The van der Waals surface area contributed by atoms with Crippen molar-refractivity contribution >= 4 is 11.6 Å². The first kappa shape index (κ1) is 17.4. The second-order valence-electron chi connectivity index (χ2n) is 7.00. The van der Waals surface area contributed by atoms with E-state index in [9.17, 15) is 4.79 Å². The van der Waals surface area contributed by atoms with Crippen LogP contribution in [0, 0.1) is 0 Å². The molecule has 0 aromatic heterocycles. The third-order valence-electron chi connectivity index (χ3n) is 5.02. The minimum atomic E-state index is -0.814. The van der Waals surface area contributed by atoms with Gasteiger partial charge in [-0.3, -0.25) is 9.69 Å². The quantitative estimate of drug-likeness (QED) is 0.856. The number of nitrogens with two attached hydrogens (primary N) is 1. The van der Waals surface area contributed by atoms with Gasteiger partial charge in [-0.15, -0.1) is 0 Å². The molecule has 132 valence electrons. The van der Waals surface area contributed by atoms with Crippen molar-refractivity contribution in [2.45, 2.75) is 24.9 Å². The maximum absolute atomic E-state index is 12.5. The SMILES string of the molecule is CN1CCN(Cc2cccc(NC(=O)C3(N)CCOCC3)c2)CC1. The average molecular weight is 332 g/mol. The molecule has 2 heterocycles. The normalized spacial score (nSPS) is 22.2. The largest absolute Gasteiger partial charge is 0.381 e. The number of carbonyl (C=O) groups excluding carboxylic acids is 1. The highest BCUT2D eigenvalue weighted by Crippen LogP contribution is 2.21. The lowest BCUT2D eigenvalue weighted by atomic mass is 9.90. The summed E-state index contributed by atoms with van der Waals surface area (Å²) in [5.41, 5.74) is 7.47. The zero-order chi connectivity index (χ0) is 17.0. The smallest absolute Gasteiger partial charge is 0.244 e. The number of ether oxygens (including phenoxy) is 1. The number of hydrogen-bond donors (Lipinski definition) is 2. The molecule has 1 aromatic rings. The summed E-state index contributed by atoms with van der Waals surface area (Å²) >= 11 is 0. The van der Waals surface area contributed by atoms with Crippen molar-refractivity contribution in [2.24, 2.45) is 5.73 Å². The van der Waals surface area contributed by atoms with Gasteiger partial charge in [0.05, 0.1) is 0 Å². The van der Waals surface area contributed by atoms with Crippen molar-refractivity contribution in [1.82, 2.24) is 9.80 Å². The molecule has 1 amide bonds. The van der Waals surface area contributed by atoms with Crippen LogP contribution in [0.5, 0.6) is 0 Å². The molecule has 0 bridgehead atoms. The lowest BCUT2D eigenvalue weighted by Gasteiger charge is -2.32. The molecule has 1 aromatic carbocycles. The topological polar surface area (TPSA) is 70.8 Å². The van der Waals surface area contributed by atoms with Gasteiger partial charge in [0, 0.05) is 51.6 Å². The lowest BCUT2D eigenvalue weighted by Crippen LogP contribution is -2.54. The number of benzene rings is 1. The number of rotatable bonds is 4. The molecule has 6 heteroatoms. The van der Waals surface area contributed by atoms with E-state index in [-0.39, 0.29) is 5.91 Å². The summed E-state index contributed by atoms with van der Waals surface area (Å²) in [5.74, 6) is -0.109. The van der Waals surface area contributed by atoms with Crippen LogP contribution in [-0.4, -0.2) is 67.7 Å². The Morgan fingerprint density at radius 1 is 1.25 bits per heavy atom. The predicted molar refractivity (Wildman–Crippen MR) is 94.8 cm³/mol. The molecule has 2 saturated heterocycles. The van der Waals surface area contributed by atoms with Gasteiger partial charge >= 0.3 is 0 Å². The van der Waals surface area contributed by atoms with E-state index in [2.05, 4.69) is 34.3 Å². The molecule has 2 fully saturated rings.